The summed E-state index contributed by atoms with van der Waals surface area (Å²) < 4.78 is 1.78. The van der Waals surface area contributed by atoms with E-state index in [-0.39, 0.29) is 18.4 Å². The molecule has 6 heteroatoms. The van der Waals surface area contributed by atoms with E-state index in [0.717, 1.165) is 24.1 Å². The third kappa shape index (κ3) is 3.36. The predicted molar refractivity (Wildman–Crippen MR) is 98.2 cm³/mol. The highest BCUT2D eigenvalue weighted by Gasteiger charge is 2.41. The molecule has 1 saturated heterocycles. The maximum absolute atomic E-state index is 13.0. The summed E-state index contributed by atoms with van der Waals surface area (Å²) in [6.07, 6.45) is 2.72. The molecule has 1 aliphatic rings. The van der Waals surface area contributed by atoms with Gasteiger partial charge in [-0.15, -0.1) is 0 Å². The molecule has 1 N–H and O–H groups in total. The Balaban J connectivity index is 1.87. The minimum atomic E-state index is -0.855. The summed E-state index contributed by atoms with van der Waals surface area (Å²) in [5.41, 5.74) is 3.32. The van der Waals surface area contributed by atoms with Gasteiger partial charge in [0.25, 0.3) is 5.91 Å². The molecule has 138 valence electrons. The van der Waals surface area contributed by atoms with Crippen LogP contribution in [0.1, 0.15) is 46.4 Å². The molecule has 0 bridgehead atoms. The average molecular weight is 355 g/mol. The third-order valence-corrected chi connectivity index (χ3v) is 5.14. The Morgan fingerprint density at radius 3 is 2.62 bits per heavy atom. The number of aliphatic carboxylic acids is 1. The normalized spacial score (nSPS) is 19.7. The Morgan fingerprint density at radius 1 is 1.23 bits per heavy atom. The number of rotatable bonds is 5. The van der Waals surface area contributed by atoms with Crippen molar-refractivity contribution in [3.63, 3.8) is 0 Å². The number of hydrogen-bond acceptors (Lipinski definition) is 3. The SMILES string of the molecule is CCCn1cc(C(=O)N2C[C@H](C(=O)O)[C@@H](c3ccccc3C)C2)c(C)n1. The lowest BCUT2D eigenvalue weighted by Gasteiger charge is -2.17. The smallest absolute Gasteiger partial charge is 0.308 e. The van der Waals surface area contributed by atoms with Crippen LogP contribution in [-0.2, 0) is 11.3 Å². The van der Waals surface area contributed by atoms with E-state index in [4.69, 9.17) is 0 Å². The van der Waals surface area contributed by atoms with E-state index >= 15 is 0 Å². The lowest BCUT2D eigenvalue weighted by molar-refractivity contribution is -0.141. The Labute approximate surface area is 153 Å². The van der Waals surface area contributed by atoms with Gasteiger partial charge >= 0.3 is 5.97 Å². The number of carbonyl (C=O) groups excluding carboxylic acids is 1. The van der Waals surface area contributed by atoms with E-state index in [2.05, 4.69) is 12.0 Å². The molecule has 1 aliphatic heterocycles. The molecule has 6 nitrogen and oxygen atoms in total. The number of aromatic nitrogens is 2. The molecule has 0 spiro atoms. The summed E-state index contributed by atoms with van der Waals surface area (Å²) in [6, 6.07) is 7.81. The molecule has 2 aromatic rings. The van der Waals surface area contributed by atoms with E-state index in [1.165, 1.54) is 0 Å². The van der Waals surface area contributed by atoms with E-state index in [9.17, 15) is 14.7 Å². The topological polar surface area (TPSA) is 75.4 Å². The zero-order valence-electron chi connectivity index (χ0n) is 15.5. The predicted octanol–water partition coefficient (Wildman–Crippen LogP) is 2.85. The molecular weight excluding hydrogens is 330 g/mol. The van der Waals surface area contributed by atoms with Crippen molar-refractivity contribution in [2.75, 3.05) is 13.1 Å². The summed E-state index contributed by atoms with van der Waals surface area (Å²) in [5.74, 6) is -1.77. The first-order valence-corrected chi connectivity index (χ1v) is 9.04. The van der Waals surface area contributed by atoms with Crippen molar-refractivity contribution in [3.8, 4) is 0 Å². The highest BCUT2D eigenvalue weighted by Crippen LogP contribution is 2.35. The molecule has 2 atom stereocenters. The molecular formula is C20H25N3O3. The maximum atomic E-state index is 13.0. The van der Waals surface area contributed by atoms with Crippen molar-refractivity contribution in [1.82, 2.24) is 14.7 Å². The van der Waals surface area contributed by atoms with Gasteiger partial charge in [-0.1, -0.05) is 31.2 Å². The van der Waals surface area contributed by atoms with Crippen LogP contribution < -0.4 is 0 Å². The van der Waals surface area contributed by atoms with Gasteiger partial charge in [-0.2, -0.15) is 5.10 Å². The number of likely N-dealkylation sites (tertiary alicyclic amines) is 1. The molecule has 1 aromatic carbocycles. The Morgan fingerprint density at radius 2 is 1.96 bits per heavy atom. The summed E-state index contributed by atoms with van der Waals surface area (Å²) >= 11 is 0. The molecule has 1 amide bonds. The van der Waals surface area contributed by atoms with Crippen LogP contribution in [0.4, 0.5) is 0 Å². The van der Waals surface area contributed by atoms with Crippen LogP contribution in [0.25, 0.3) is 0 Å². The summed E-state index contributed by atoms with van der Waals surface area (Å²) in [6.45, 7) is 7.27. The van der Waals surface area contributed by atoms with Gasteiger partial charge < -0.3 is 10.0 Å². The van der Waals surface area contributed by atoms with Crippen molar-refractivity contribution >= 4 is 11.9 Å². The fourth-order valence-corrected chi connectivity index (χ4v) is 3.78. The molecule has 0 unspecified atom stereocenters. The molecule has 3 rings (SSSR count). The van der Waals surface area contributed by atoms with Crippen LogP contribution in [0, 0.1) is 19.8 Å². The van der Waals surface area contributed by atoms with Crippen LogP contribution in [0.15, 0.2) is 30.5 Å². The Kier molecular flexibility index (Phi) is 5.11. The van der Waals surface area contributed by atoms with E-state index < -0.39 is 11.9 Å². The number of benzene rings is 1. The number of carbonyl (C=O) groups is 2. The molecule has 1 aromatic heterocycles. The highest BCUT2D eigenvalue weighted by atomic mass is 16.4. The molecule has 0 aliphatic carbocycles. The number of amides is 1. The number of carboxylic acid groups (broad SMARTS) is 1. The van der Waals surface area contributed by atoms with Crippen LogP contribution in [0.3, 0.4) is 0 Å². The van der Waals surface area contributed by atoms with Crippen molar-refractivity contribution in [3.05, 3.63) is 52.8 Å². The molecule has 0 radical (unpaired) electrons. The highest BCUT2D eigenvalue weighted by molar-refractivity contribution is 5.95. The minimum absolute atomic E-state index is 0.132. The first-order valence-electron chi connectivity index (χ1n) is 9.04. The van der Waals surface area contributed by atoms with Crippen molar-refractivity contribution < 1.29 is 14.7 Å². The van der Waals surface area contributed by atoms with Crippen LogP contribution in [-0.4, -0.2) is 44.8 Å². The monoisotopic (exact) mass is 355 g/mol. The summed E-state index contributed by atoms with van der Waals surface area (Å²) in [5, 5.41) is 14.1. The second-order valence-corrected chi connectivity index (χ2v) is 7.01. The van der Waals surface area contributed by atoms with Crippen LogP contribution in [0.2, 0.25) is 0 Å². The van der Waals surface area contributed by atoms with Crippen molar-refractivity contribution in [2.45, 2.75) is 39.7 Å². The first-order chi connectivity index (χ1) is 12.4. The van der Waals surface area contributed by atoms with Gasteiger partial charge in [0.15, 0.2) is 0 Å². The van der Waals surface area contributed by atoms with Gasteiger partial charge in [-0.3, -0.25) is 14.3 Å². The Hall–Kier alpha value is -2.63. The minimum Gasteiger partial charge on any atom is -0.481 e. The number of carboxylic acids is 1. The zero-order chi connectivity index (χ0) is 18.8. The fraction of sp³-hybridized carbons (Fsp3) is 0.450. The second kappa shape index (κ2) is 7.32. The second-order valence-electron chi connectivity index (χ2n) is 7.01. The molecule has 0 saturated carbocycles. The maximum Gasteiger partial charge on any atom is 0.308 e. The fourth-order valence-electron chi connectivity index (χ4n) is 3.78. The van der Waals surface area contributed by atoms with Gasteiger partial charge in [0.1, 0.15) is 0 Å². The van der Waals surface area contributed by atoms with E-state index in [1.54, 1.807) is 15.8 Å². The van der Waals surface area contributed by atoms with Gasteiger partial charge in [-0.25, -0.2) is 0 Å². The summed E-state index contributed by atoms with van der Waals surface area (Å²) in [7, 11) is 0. The molecule has 2 heterocycles. The largest absolute Gasteiger partial charge is 0.481 e. The zero-order valence-corrected chi connectivity index (χ0v) is 15.5. The number of aryl methyl sites for hydroxylation is 3. The summed E-state index contributed by atoms with van der Waals surface area (Å²) in [4.78, 5) is 26.5. The third-order valence-electron chi connectivity index (χ3n) is 5.14. The lowest BCUT2D eigenvalue weighted by Crippen LogP contribution is -2.30. The van der Waals surface area contributed by atoms with E-state index in [0.29, 0.717) is 17.8 Å². The van der Waals surface area contributed by atoms with Crippen molar-refractivity contribution in [2.24, 2.45) is 5.92 Å². The molecule has 26 heavy (non-hydrogen) atoms. The Bertz CT molecular complexity index is 827. The van der Waals surface area contributed by atoms with Gasteiger partial charge in [-0.05, 0) is 31.4 Å². The number of nitrogens with zero attached hydrogens (tertiary/aromatic N) is 3. The van der Waals surface area contributed by atoms with E-state index in [1.807, 2.05) is 38.1 Å². The molecule has 1 fully saturated rings. The van der Waals surface area contributed by atoms with Crippen LogP contribution >= 0.6 is 0 Å². The number of hydrogen-bond donors (Lipinski definition) is 1. The lowest BCUT2D eigenvalue weighted by atomic mass is 9.86. The standard InChI is InChI=1S/C20H25N3O3/c1-4-9-23-12-16(14(3)21-23)19(24)22-10-17(18(11-22)20(25)26)15-8-6-5-7-13(15)2/h5-8,12,17-18H,4,9-11H2,1-3H3,(H,25,26)/t17-,18+/m1/s1. The quantitative estimate of drug-likeness (QED) is 0.895. The van der Waals surface area contributed by atoms with Crippen LogP contribution in [0.5, 0.6) is 0 Å². The van der Waals surface area contributed by atoms with Gasteiger partial charge in [0.05, 0.1) is 17.2 Å². The van der Waals surface area contributed by atoms with Gasteiger partial charge in [0.2, 0.25) is 0 Å². The van der Waals surface area contributed by atoms with Crippen molar-refractivity contribution in [1.29, 1.82) is 0 Å². The van der Waals surface area contributed by atoms with Gasteiger partial charge in [0, 0.05) is 31.7 Å². The first kappa shape index (κ1) is 18.2. The average Bonchev–Trinajstić information content (AvgIpc) is 3.19.